The lowest BCUT2D eigenvalue weighted by atomic mass is 9.81. The van der Waals surface area contributed by atoms with Crippen molar-refractivity contribution in [3.63, 3.8) is 0 Å². The smallest absolute Gasteiger partial charge is 0.0503 e. The summed E-state index contributed by atoms with van der Waals surface area (Å²) >= 11 is 0. The summed E-state index contributed by atoms with van der Waals surface area (Å²) in [4.78, 5) is 7.18. The Hall–Kier alpha value is -8.40. The minimum atomic E-state index is -0.240. The Labute approximate surface area is 388 Å². The standard InChI is InChI=1S/C63H49N3/c1-63(2)60-35-21-34-58(48-24-11-4-12-25-48)62(60)59-41-40-54(45-61(59)63)66(53-38-36-47(37-39-53)46-22-9-3-10-23-46)57-43-55(64(49-26-13-5-14-27-49)50-28-15-6-16-29-50)42-56(44-57)65(51-30-17-7-18-31-51)52-32-19-8-20-33-52/h3-45H,1-2H3. The molecule has 0 amide bonds. The van der Waals surface area contributed by atoms with Crippen LogP contribution in [0.3, 0.4) is 0 Å². The van der Waals surface area contributed by atoms with Gasteiger partial charge in [0.25, 0.3) is 0 Å². The lowest BCUT2D eigenvalue weighted by molar-refractivity contribution is 0.660. The third kappa shape index (κ3) is 7.51. The molecular weight excluding hydrogens is 799 g/mol. The van der Waals surface area contributed by atoms with E-state index < -0.39 is 0 Å². The molecule has 316 valence electrons. The first kappa shape index (κ1) is 40.4. The average Bonchev–Trinajstić information content (AvgIpc) is 3.61. The molecule has 0 aliphatic heterocycles. The van der Waals surface area contributed by atoms with E-state index in [1.807, 2.05) is 0 Å². The van der Waals surface area contributed by atoms with Crippen molar-refractivity contribution in [3.05, 3.63) is 272 Å². The van der Waals surface area contributed by atoms with Gasteiger partial charge in [0.2, 0.25) is 0 Å². The van der Waals surface area contributed by atoms with Gasteiger partial charge in [-0.3, -0.25) is 0 Å². The number of benzene rings is 10. The molecule has 0 saturated carbocycles. The summed E-state index contributed by atoms with van der Waals surface area (Å²) in [5.41, 5.74) is 19.4. The molecule has 0 aromatic heterocycles. The highest BCUT2D eigenvalue weighted by Crippen LogP contribution is 2.54. The quantitative estimate of drug-likeness (QED) is 0.128. The average molecular weight is 848 g/mol. The van der Waals surface area contributed by atoms with Gasteiger partial charge >= 0.3 is 0 Å². The van der Waals surface area contributed by atoms with Crippen LogP contribution in [-0.4, -0.2) is 0 Å². The first-order valence-corrected chi connectivity index (χ1v) is 22.8. The van der Waals surface area contributed by atoms with Crippen LogP contribution in [0.25, 0.3) is 33.4 Å². The topological polar surface area (TPSA) is 9.72 Å². The molecule has 1 aliphatic rings. The zero-order valence-corrected chi connectivity index (χ0v) is 37.2. The van der Waals surface area contributed by atoms with Crippen LogP contribution in [0.5, 0.6) is 0 Å². The van der Waals surface area contributed by atoms with E-state index in [4.69, 9.17) is 0 Å². The minimum absolute atomic E-state index is 0.240. The second-order valence-electron chi connectivity index (χ2n) is 17.4. The first-order chi connectivity index (χ1) is 32.5. The molecular formula is C63H49N3. The van der Waals surface area contributed by atoms with Crippen LogP contribution >= 0.6 is 0 Å². The molecule has 1 aliphatic carbocycles. The number of para-hydroxylation sites is 4. The summed E-state index contributed by atoms with van der Waals surface area (Å²) in [6.07, 6.45) is 0. The van der Waals surface area contributed by atoms with Gasteiger partial charge < -0.3 is 14.7 Å². The molecule has 0 bridgehead atoms. The molecule has 0 N–H and O–H groups in total. The first-order valence-electron chi connectivity index (χ1n) is 22.8. The molecule has 0 fully saturated rings. The van der Waals surface area contributed by atoms with E-state index in [0.29, 0.717) is 0 Å². The van der Waals surface area contributed by atoms with Crippen molar-refractivity contribution in [2.24, 2.45) is 0 Å². The minimum Gasteiger partial charge on any atom is -0.310 e. The zero-order chi connectivity index (χ0) is 44.5. The molecule has 66 heavy (non-hydrogen) atoms. The summed E-state index contributed by atoms with van der Waals surface area (Å²) in [5.74, 6) is 0. The number of rotatable bonds is 11. The fraction of sp³-hybridized carbons (Fsp3) is 0.0476. The van der Waals surface area contributed by atoms with Gasteiger partial charge in [-0.2, -0.15) is 0 Å². The summed E-state index contributed by atoms with van der Waals surface area (Å²) in [6.45, 7) is 4.76. The highest BCUT2D eigenvalue weighted by molar-refractivity contribution is 5.95. The highest BCUT2D eigenvalue weighted by atomic mass is 15.2. The Bertz CT molecular complexity index is 3060. The fourth-order valence-corrected chi connectivity index (χ4v) is 9.82. The van der Waals surface area contributed by atoms with Gasteiger partial charge in [0.05, 0.1) is 17.1 Å². The molecule has 11 rings (SSSR count). The second kappa shape index (κ2) is 17.3. The number of anilines is 9. The SMILES string of the molecule is CC1(C)c2cc(N(c3ccc(-c4ccccc4)cc3)c3cc(N(c4ccccc4)c4ccccc4)cc(N(c4ccccc4)c4ccccc4)c3)ccc2-c2c(-c3ccccc3)cccc21. The second-order valence-corrected chi connectivity index (χ2v) is 17.4. The largest absolute Gasteiger partial charge is 0.310 e. The maximum Gasteiger partial charge on any atom is 0.0503 e. The lowest BCUT2D eigenvalue weighted by Gasteiger charge is -2.33. The van der Waals surface area contributed by atoms with Crippen molar-refractivity contribution in [3.8, 4) is 33.4 Å². The highest BCUT2D eigenvalue weighted by Gasteiger charge is 2.37. The maximum absolute atomic E-state index is 2.45. The molecule has 0 saturated heterocycles. The molecule has 0 heterocycles. The molecule has 10 aromatic rings. The van der Waals surface area contributed by atoms with E-state index in [1.165, 1.54) is 44.5 Å². The monoisotopic (exact) mass is 847 g/mol. The molecule has 0 spiro atoms. The predicted molar refractivity (Wildman–Crippen MR) is 279 cm³/mol. The Morgan fingerprint density at radius 3 is 1.06 bits per heavy atom. The van der Waals surface area contributed by atoms with Crippen LogP contribution in [-0.2, 0) is 5.41 Å². The van der Waals surface area contributed by atoms with E-state index >= 15 is 0 Å². The molecule has 10 aromatic carbocycles. The fourth-order valence-electron chi connectivity index (χ4n) is 9.82. The lowest BCUT2D eigenvalue weighted by Crippen LogP contribution is -2.18. The van der Waals surface area contributed by atoms with Gasteiger partial charge in [-0.1, -0.05) is 184 Å². The van der Waals surface area contributed by atoms with Gasteiger partial charge in [-0.25, -0.2) is 0 Å². The summed E-state index contributed by atoms with van der Waals surface area (Å²) in [6, 6.07) is 94.2. The predicted octanol–water partition coefficient (Wildman–Crippen LogP) is 17.7. The Balaban J connectivity index is 1.17. The molecule has 0 radical (unpaired) electrons. The van der Waals surface area contributed by atoms with Crippen molar-refractivity contribution in [1.29, 1.82) is 0 Å². The number of fused-ring (bicyclic) bond motifs is 3. The van der Waals surface area contributed by atoms with Crippen LogP contribution in [0.2, 0.25) is 0 Å². The van der Waals surface area contributed by atoms with E-state index in [2.05, 4.69) is 289 Å². The van der Waals surface area contributed by atoms with Crippen LogP contribution in [0.15, 0.2) is 261 Å². The number of hydrogen-bond donors (Lipinski definition) is 0. The van der Waals surface area contributed by atoms with E-state index in [0.717, 1.165) is 51.2 Å². The van der Waals surface area contributed by atoms with E-state index in [9.17, 15) is 0 Å². The van der Waals surface area contributed by atoms with Crippen LogP contribution < -0.4 is 14.7 Å². The normalized spacial score (nSPS) is 12.2. The Morgan fingerprint density at radius 2 is 0.606 bits per heavy atom. The van der Waals surface area contributed by atoms with E-state index in [-0.39, 0.29) is 5.41 Å². The van der Waals surface area contributed by atoms with Crippen molar-refractivity contribution >= 4 is 51.2 Å². The van der Waals surface area contributed by atoms with Gasteiger partial charge in [0.1, 0.15) is 0 Å². The van der Waals surface area contributed by atoms with Crippen molar-refractivity contribution < 1.29 is 0 Å². The van der Waals surface area contributed by atoms with Gasteiger partial charge in [-0.05, 0) is 136 Å². The number of nitrogens with zero attached hydrogens (tertiary/aromatic N) is 3. The van der Waals surface area contributed by atoms with Crippen molar-refractivity contribution in [1.82, 2.24) is 0 Å². The van der Waals surface area contributed by atoms with Gasteiger partial charge in [0.15, 0.2) is 0 Å². The molecule has 3 nitrogen and oxygen atoms in total. The summed E-state index contributed by atoms with van der Waals surface area (Å²) in [5, 5.41) is 0. The molecule has 0 unspecified atom stereocenters. The number of hydrogen-bond acceptors (Lipinski definition) is 3. The van der Waals surface area contributed by atoms with Gasteiger partial charge in [-0.15, -0.1) is 0 Å². The summed E-state index contributed by atoms with van der Waals surface area (Å²) < 4.78 is 0. The van der Waals surface area contributed by atoms with Crippen LogP contribution in [0, 0.1) is 0 Å². The van der Waals surface area contributed by atoms with E-state index in [1.54, 1.807) is 0 Å². The maximum atomic E-state index is 2.45. The molecule has 3 heteroatoms. The van der Waals surface area contributed by atoms with Crippen LogP contribution in [0.4, 0.5) is 51.2 Å². The van der Waals surface area contributed by atoms with Gasteiger partial charge in [0, 0.05) is 39.5 Å². The Kier molecular flexibility index (Phi) is 10.6. The third-order valence-electron chi connectivity index (χ3n) is 13.0. The van der Waals surface area contributed by atoms with Crippen molar-refractivity contribution in [2.45, 2.75) is 19.3 Å². The van der Waals surface area contributed by atoms with Crippen molar-refractivity contribution in [2.75, 3.05) is 14.7 Å². The molecule has 0 atom stereocenters. The third-order valence-corrected chi connectivity index (χ3v) is 13.0. The Morgan fingerprint density at radius 1 is 0.242 bits per heavy atom. The van der Waals surface area contributed by atoms with Crippen LogP contribution in [0.1, 0.15) is 25.0 Å². The zero-order valence-electron chi connectivity index (χ0n) is 37.2. The summed E-state index contributed by atoms with van der Waals surface area (Å²) in [7, 11) is 0.